The molecule has 0 saturated heterocycles. The van der Waals surface area contributed by atoms with Crippen LogP contribution in [0, 0.1) is 0 Å². The zero-order chi connectivity index (χ0) is 11.1. The Bertz CT molecular complexity index is 361. The molecule has 0 bridgehead atoms. The SMILES string of the molecule is C=CCN=C(N)Nc1ccccc1OC. The molecule has 1 rings (SSSR count). The van der Waals surface area contributed by atoms with Crippen LogP contribution in [-0.4, -0.2) is 19.6 Å². The van der Waals surface area contributed by atoms with Gasteiger partial charge in [-0.25, -0.2) is 4.99 Å². The summed E-state index contributed by atoms with van der Waals surface area (Å²) in [6.07, 6.45) is 1.68. The van der Waals surface area contributed by atoms with Crippen LogP contribution in [0.2, 0.25) is 0 Å². The second-order valence-corrected chi connectivity index (χ2v) is 2.84. The number of methoxy groups -OCH3 is 1. The average molecular weight is 205 g/mol. The highest BCUT2D eigenvalue weighted by molar-refractivity contribution is 5.93. The van der Waals surface area contributed by atoms with E-state index in [1.807, 2.05) is 24.3 Å². The molecule has 4 nitrogen and oxygen atoms in total. The van der Waals surface area contributed by atoms with Crippen molar-refractivity contribution < 1.29 is 4.74 Å². The smallest absolute Gasteiger partial charge is 0.193 e. The molecule has 0 radical (unpaired) electrons. The number of nitrogens with zero attached hydrogens (tertiary/aromatic N) is 1. The Morgan fingerprint density at radius 3 is 3.00 bits per heavy atom. The molecule has 0 spiro atoms. The maximum Gasteiger partial charge on any atom is 0.193 e. The first-order valence-electron chi connectivity index (χ1n) is 4.58. The number of guanidine groups is 1. The van der Waals surface area contributed by atoms with E-state index in [0.717, 1.165) is 11.4 Å². The fraction of sp³-hybridized carbons (Fsp3) is 0.182. The summed E-state index contributed by atoms with van der Waals surface area (Å²) < 4.78 is 5.16. The van der Waals surface area contributed by atoms with Crippen molar-refractivity contribution in [3.05, 3.63) is 36.9 Å². The van der Waals surface area contributed by atoms with Gasteiger partial charge in [-0.05, 0) is 12.1 Å². The predicted molar refractivity (Wildman–Crippen MR) is 63.3 cm³/mol. The quantitative estimate of drug-likeness (QED) is 0.446. The number of aliphatic imine (C=N–C) groups is 1. The molecule has 3 N–H and O–H groups in total. The molecule has 1 aromatic rings. The number of para-hydroxylation sites is 2. The van der Waals surface area contributed by atoms with Crippen LogP contribution in [0.4, 0.5) is 5.69 Å². The molecule has 0 aliphatic heterocycles. The Morgan fingerprint density at radius 2 is 2.33 bits per heavy atom. The van der Waals surface area contributed by atoms with Crippen molar-refractivity contribution in [2.24, 2.45) is 10.7 Å². The zero-order valence-corrected chi connectivity index (χ0v) is 8.73. The maximum atomic E-state index is 5.65. The summed E-state index contributed by atoms with van der Waals surface area (Å²) in [7, 11) is 1.61. The van der Waals surface area contributed by atoms with E-state index in [0.29, 0.717) is 12.5 Å². The standard InChI is InChI=1S/C11H15N3O/c1-3-8-13-11(12)14-9-6-4-5-7-10(9)15-2/h3-7H,1,8H2,2H3,(H3,12,13,14). The van der Waals surface area contributed by atoms with E-state index >= 15 is 0 Å². The van der Waals surface area contributed by atoms with E-state index in [2.05, 4.69) is 16.9 Å². The molecule has 0 aliphatic rings. The molecule has 80 valence electrons. The van der Waals surface area contributed by atoms with Gasteiger partial charge in [0.05, 0.1) is 19.3 Å². The van der Waals surface area contributed by atoms with Gasteiger partial charge in [0.25, 0.3) is 0 Å². The minimum Gasteiger partial charge on any atom is -0.495 e. The molecular weight excluding hydrogens is 190 g/mol. The number of ether oxygens (including phenoxy) is 1. The predicted octanol–water partition coefficient (Wildman–Crippen LogP) is 1.61. The highest BCUT2D eigenvalue weighted by Crippen LogP contribution is 2.22. The van der Waals surface area contributed by atoms with Gasteiger partial charge in [-0.3, -0.25) is 0 Å². The monoisotopic (exact) mass is 205 g/mol. The van der Waals surface area contributed by atoms with Crippen LogP contribution in [0.15, 0.2) is 41.9 Å². The highest BCUT2D eigenvalue weighted by atomic mass is 16.5. The first-order valence-corrected chi connectivity index (χ1v) is 4.58. The number of anilines is 1. The number of nitrogens with one attached hydrogen (secondary N) is 1. The van der Waals surface area contributed by atoms with E-state index in [1.165, 1.54) is 0 Å². The number of hydrogen-bond acceptors (Lipinski definition) is 2. The van der Waals surface area contributed by atoms with E-state index in [4.69, 9.17) is 10.5 Å². The second kappa shape index (κ2) is 5.70. The van der Waals surface area contributed by atoms with Gasteiger partial charge in [0.1, 0.15) is 5.75 Å². The summed E-state index contributed by atoms with van der Waals surface area (Å²) in [5.41, 5.74) is 6.45. The molecule has 0 atom stereocenters. The topological polar surface area (TPSA) is 59.6 Å². The Morgan fingerprint density at radius 1 is 1.60 bits per heavy atom. The van der Waals surface area contributed by atoms with Crippen LogP contribution in [-0.2, 0) is 0 Å². The Balaban J connectivity index is 2.75. The largest absolute Gasteiger partial charge is 0.495 e. The fourth-order valence-electron chi connectivity index (χ4n) is 1.09. The normalized spacial score (nSPS) is 10.9. The van der Waals surface area contributed by atoms with Gasteiger partial charge in [0.2, 0.25) is 0 Å². The van der Waals surface area contributed by atoms with Gasteiger partial charge < -0.3 is 15.8 Å². The second-order valence-electron chi connectivity index (χ2n) is 2.84. The lowest BCUT2D eigenvalue weighted by molar-refractivity contribution is 0.417. The lowest BCUT2D eigenvalue weighted by Crippen LogP contribution is -2.23. The van der Waals surface area contributed by atoms with Crippen LogP contribution < -0.4 is 15.8 Å². The van der Waals surface area contributed by atoms with Crippen LogP contribution >= 0.6 is 0 Å². The fourth-order valence-corrected chi connectivity index (χ4v) is 1.09. The first kappa shape index (κ1) is 11.1. The third-order valence-electron chi connectivity index (χ3n) is 1.76. The average Bonchev–Trinajstić information content (AvgIpc) is 2.27. The van der Waals surface area contributed by atoms with E-state index in [9.17, 15) is 0 Å². The van der Waals surface area contributed by atoms with Gasteiger partial charge in [-0.1, -0.05) is 18.2 Å². The lowest BCUT2D eigenvalue weighted by Gasteiger charge is -2.09. The molecule has 1 aromatic carbocycles. The Labute approximate surface area is 89.5 Å². The molecule has 0 amide bonds. The number of hydrogen-bond donors (Lipinski definition) is 2. The van der Waals surface area contributed by atoms with E-state index in [1.54, 1.807) is 13.2 Å². The molecule has 0 aromatic heterocycles. The Kier molecular flexibility index (Phi) is 4.22. The number of nitrogens with two attached hydrogens (primary N) is 1. The minimum atomic E-state index is 0.347. The van der Waals surface area contributed by atoms with E-state index in [-0.39, 0.29) is 0 Å². The van der Waals surface area contributed by atoms with Crippen LogP contribution in [0.1, 0.15) is 0 Å². The van der Waals surface area contributed by atoms with Crippen molar-refractivity contribution in [3.8, 4) is 5.75 Å². The van der Waals surface area contributed by atoms with Gasteiger partial charge >= 0.3 is 0 Å². The van der Waals surface area contributed by atoms with Crippen molar-refractivity contribution in [3.63, 3.8) is 0 Å². The third-order valence-corrected chi connectivity index (χ3v) is 1.76. The molecule has 0 unspecified atom stereocenters. The summed E-state index contributed by atoms with van der Waals surface area (Å²) in [5, 5.41) is 2.95. The molecular formula is C11H15N3O. The molecule has 0 saturated carbocycles. The van der Waals surface area contributed by atoms with E-state index < -0.39 is 0 Å². The summed E-state index contributed by atoms with van der Waals surface area (Å²) in [4.78, 5) is 4.02. The van der Waals surface area contributed by atoms with Gasteiger partial charge in [0.15, 0.2) is 5.96 Å². The number of rotatable bonds is 4. The van der Waals surface area contributed by atoms with Crippen molar-refractivity contribution in [2.45, 2.75) is 0 Å². The van der Waals surface area contributed by atoms with Gasteiger partial charge in [-0.2, -0.15) is 0 Å². The van der Waals surface area contributed by atoms with Crippen molar-refractivity contribution >= 4 is 11.6 Å². The van der Waals surface area contributed by atoms with Crippen molar-refractivity contribution in [1.29, 1.82) is 0 Å². The highest BCUT2D eigenvalue weighted by Gasteiger charge is 2.01. The first-order chi connectivity index (χ1) is 7.27. The maximum absolute atomic E-state index is 5.65. The molecule has 15 heavy (non-hydrogen) atoms. The third kappa shape index (κ3) is 3.34. The number of benzene rings is 1. The van der Waals surface area contributed by atoms with Crippen LogP contribution in [0.25, 0.3) is 0 Å². The summed E-state index contributed by atoms with van der Waals surface area (Å²) in [6.45, 7) is 4.05. The van der Waals surface area contributed by atoms with Crippen LogP contribution in [0.5, 0.6) is 5.75 Å². The molecule has 0 heterocycles. The molecule has 0 fully saturated rings. The van der Waals surface area contributed by atoms with Crippen molar-refractivity contribution in [1.82, 2.24) is 0 Å². The molecule has 0 aliphatic carbocycles. The minimum absolute atomic E-state index is 0.347. The summed E-state index contributed by atoms with van der Waals surface area (Å²) >= 11 is 0. The lowest BCUT2D eigenvalue weighted by atomic mass is 10.3. The van der Waals surface area contributed by atoms with Crippen LogP contribution in [0.3, 0.4) is 0 Å². The van der Waals surface area contributed by atoms with Crippen molar-refractivity contribution in [2.75, 3.05) is 19.0 Å². The summed E-state index contributed by atoms with van der Waals surface area (Å²) in [5.74, 6) is 1.08. The zero-order valence-electron chi connectivity index (χ0n) is 8.73. The van der Waals surface area contributed by atoms with Gasteiger partial charge in [-0.15, -0.1) is 6.58 Å². The summed E-state index contributed by atoms with van der Waals surface area (Å²) in [6, 6.07) is 7.50. The Hall–Kier alpha value is -1.97. The molecule has 4 heteroatoms. The van der Waals surface area contributed by atoms with Gasteiger partial charge in [0, 0.05) is 0 Å².